The third-order valence-electron chi connectivity index (χ3n) is 2.70. The first-order valence-electron chi connectivity index (χ1n) is 3.73. The first kappa shape index (κ1) is 5.69. The van der Waals surface area contributed by atoms with Crippen molar-refractivity contribution in [2.45, 2.75) is 19.0 Å². The Morgan fingerprint density at radius 3 is 2.78 bits per heavy atom. The van der Waals surface area contributed by atoms with E-state index in [2.05, 4.69) is 11.9 Å². The van der Waals surface area contributed by atoms with E-state index in [0.29, 0.717) is 6.17 Å². The van der Waals surface area contributed by atoms with Crippen LogP contribution in [-0.2, 0) is 0 Å². The number of likely N-dealkylation sites (tertiary alicyclic amines) is 1. The highest BCUT2D eigenvalue weighted by atomic mass is 15.2. The van der Waals surface area contributed by atoms with Crippen LogP contribution in [0, 0.1) is 11.8 Å². The average molecular weight is 126 g/mol. The van der Waals surface area contributed by atoms with Crippen LogP contribution in [0.2, 0.25) is 0 Å². The highest BCUT2D eigenvalue weighted by molar-refractivity contribution is 4.94. The van der Waals surface area contributed by atoms with Crippen LogP contribution in [0.5, 0.6) is 0 Å². The normalized spacial score (nSPS) is 50.7. The maximum Gasteiger partial charge on any atom is 0.0572 e. The number of nitrogens with two attached hydrogens (primary N) is 1. The van der Waals surface area contributed by atoms with Gasteiger partial charge in [-0.3, -0.25) is 4.90 Å². The number of nitrogens with zero attached hydrogens (tertiary/aromatic N) is 1. The van der Waals surface area contributed by atoms with E-state index in [-0.39, 0.29) is 0 Å². The Labute approximate surface area is 56.0 Å². The Morgan fingerprint density at radius 1 is 1.33 bits per heavy atom. The van der Waals surface area contributed by atoms with Gasteiger partial charge in [-0.25, -0.2) is 0 Å². The lowest BCUT2D eigenvalue weighted by atomic mass is 10.1. The van der Waals surface area contributed by atoms with Crippen molar-refractivity contribution in [2.75, 3.05) is 13.6 Å². The number of hydrogen-bond acceptors (Lipinski definition) is 2. The van der Waals surface area contributed by atoms with Crippen LogP contribution < -0.4 is 5.73 Å². The van der Waals surface area contributed by atoms with E-state index in [9.17, 15) is 0 Å². The lowest BCUT2D eigenvalue weighted by Crippen LogP contribution is -2.43. The molecule has 0 bridgehead atoms. The third-order valence-corrected chi connectivity index (χ3v) is 2.70. The van der Waals surface area contributed by atoms with Gasteiger partial charge in [-0.1, -0.05) is 0 Å². The maximum absolute atomic E-state index is 5.82. The van der Waals surface area contributed by atoms with Crippen LogP contribution >= 0.6 is 0 Å². The molecule has 1 aliphatic heterocycles. The van der Waals surface area contributed by atoms with Crippen molar-refractivity contribution in [1.29, 1.82) is 0 Å². The lowest BCUT2D eigenvalue weighted by Gasteiger charge is -2.28. The molecule has 2 heteroatoms. The zero-order valence-corrected chi connectivity index (χ0v) is 5.88. The SMILES string of the molecule is CN1CC2CC2CC1N. The summed E-state index contributed by atoms with van der Waals surface area (Å²) in [5.74, 6) is 2.01. The molecule has 2 fully saturated rings. The van der Waals surface area contributed by atoms with E-state index < -0.39 is 0 Å². The van der Waals surface area contributed by atoms with Crippen molar-refractivity contribution in [3.63, 3.8) is 0 Å². The molecule has 0 aromatic heterocycles. The summed E-state index contributed by atoms with van der Waals surface area (Å²) < 4.78 is 0. The fourth-order valence-electron chi connectivity index (χ4n) is 1.82. The van der Waals surface area contributed by atoms with Gasteiger partial charge in [-0.05, 0) is 31.7 Å². The summed E-state index contributed by atoms with van der Waals surface area (Å²) in [4.78, 5) is 2.27. The van der Waals surface area contributed by atoms with E-state index in [1.54, 1.807) is 0 Å². The average Bonchev–Trinajstić information content (AvgIpc) is 2.46. The largest absolute Gasteiger partial charge is 0.316 e. The summed E-state index contributed by atoms with van der Waals surface area (Å²) in [6.45, 7) is 1.24. The minimum absolute atomic E-state index is 0.355. The molecular formula is C7H14N2. The molecule has 0 aromatic carbocycles. The monoisotopic (exact) mass is 126 g/mol. The topological polar surface area (TPSA) is 29.3 Å². The van der Waals surface area contributed by atoms with E-state index >= 15 is 0 Å². The molecule has 0 aromatic rings. The molecule has 2 aliphatic rings. The van der Waals surface area contributed by atoms with Crippen molar-refractivity contribution in [3.05, 3.63) is 0 Å². The molecule has 9 heavy (non-hydrogen) atoms. The molecule has 2 nitrogen and oxygen atoms in total. The van der Waals surface area contributed by atoms with Crippen LogP contribution in [-0.4, -0.2) is 24.7 Å². The molecule has 1 heterocycles. The van der Waals surface area contributed by atoms with Crippen LogP contribution in [0.1, 0.15) is 12.8 Å². The predicted octanol–water partition coefficient (Wildman–Crippen LogP) is 0.243. The lowest BCUT2D eigenvalue weighted by molar-refractivity contribution is 0.182. The van der Waals surface area contributed by atoms with Crippen LogP contribution in [0.3, 0.4) is 0 Å². The highest BCUT2D eigenvalue weighted by Gasteiger charge is 2.43. The fourth-order valence-corrected chi connectivity index (χ4v) is 1.82. The molecule has 1 saturated heterocycles. The zero-order valence-electron chi connectivity index (χ0n) is 5.88. The number of hydrogen-bond donors (Lipinski definition) is 1. The minimum atomic E-state index is 0.355. The second-order valence-electron chi connectivity index (χ2n) is 3.50. The number of fused-ring (bicyclic) bond motifs is 1. The summed E-state index contributed by atoms with van der Waals surface area (Å²) in [6.07, 6.45) is 3.04. The van der Waals surface area contributed by atoms with E-state index in [0.717, 1.165) is 11.8 Å². The van der Waals surface area contributed by atoms with Crippen molar-refractivity contribution < 1.29 is 0 Å². The van der Waals surface area contributed by atoms with E-state index in [1.165, 1.54) is 19.4 Å². The highest BCUT2D eigenvalue weighted by Crippen LogP contribution is 2.45. The van der Waals surface area contributed by atoms with Gasteiger partial charge in [0, 0.05) is 6.54 Å². The van der Waals surface area contributed by atoms with Gasteiger partial charge in [0.15, 0.2) is 0 Å². The molecule has 0 amide bonds. The molecule has 2 N–H and O–H groups in total. The molecular weight excluding hydrogens is 112 g/mol. The summed E-state index contributed by atoms with van der Waals surface area (Å²) in [5, 5.41) is 0. The molecule has 1 saturated carbocycles. The summed E-state index contributed by atoms with van der Waals surface area (Å²) in [6, 6.07) is 0. The Bertz CT molecular complexity index is 110. The van der Waals surface area contributed by atoms with Gasteiger partial charge in [0.25, 0.3) is 0 Å². The number of rotatable bonds is 0. The predicted molar refractivity (Wildman–Crippen MR) is 36.8 cm³/mol. The molecule has 3 unspecified atom stereocenters. The summed E-state index contributed by atoms with van der Waals surface area (Å²) in [7, 11) is 2.12. The molecule has 2 rings (SSSR count). The standard InChI is InChI=1S/C7H14N2/c1-9-4-6-2-5(6)3-7(9)8/h5-7H,2-4,8H2,1H3. The smallest absolute Gasteiger partial charge is 0.0572 e. The zero-order chi connectivity index (χ0) is 6.43. The van der Waals surface area contributed by atoms with Crippen LogP contribution in [0.25, 0.3) is 0 Å². The quantitative estimate of drug-likeness (QED) is 0.504. The van der Waals surface area contributed by atoms with Gasteiger partial charge in [-0.15, -0.1) is 0 Å². The van der Waals surface area contributed by atoms with Crippen molar-refractivity contribution in [2.24, 2.45) is 17.6 Å². The van der Waals surface area contributed by atoms with Gasteiger partial charge >= 0.3 is 0 Å². The second kappa shape index (κ2) is 1.70. The van der Waals surface area contributed by atoms with Crippen molar-refractivity contribution in [1.82, 2.24) is 4.90 Å². The molecule has 0 radical (unpaired) electrons. The Balaban J connectivity index is 1.98. The van der Waals surface area contributed by atoms with Crippen LogP contribution in [0.4, 0.5) is 0 Å². The van der Waals surface area contributed by atoms with Gasteiger partial charge in [-0.2, -0.15) is 0 Å². The first-order valence-corrected chi connectivity index (χ1v) is 3.73. The summed E-state index contributed by atoms with van der Waals surface area (Å²) >= 11 is 0. The van der Waals surface area contributed by atoms with Crippen LogP contribution in [0.15, 0.2) is 0 Å². The van der Waals surface area contributed by atoms with Crippen molar-refractivity contribution in [3.8, 4) is 0 Å². The Kier molecular flexibility index (Phi) is 1.08. The fraction of sp³-hybridized carbons (Fsp3) is 1.00. The van der Waals surface area contributed by atoms with Gasteiger partial charge in [0.2, 0.25) is 0 Å². The molecule has 3 atom stereocenters. The van der Waals surface area contributed by atoms with Gasteiger partial charge in [0.05, 0.1) is 6.17 Å². The third kappa shape index (κ3) is 0.864. The Morgan fingerprint density at radius 2 is 2.11 bits per heavy atom. The second-order valence-corrected chi connectivity index (χ2v) is 3.50. The Hall–Kier alpha value is -0.0800. The summed E-state index contributed by atoms with van der Waals surface area (Å²) in [5.41, 5.74) is 5.82. The maximum atomic E-state index is 5.82. The van der Waals surface area contributed by atoms with Gasteiger partial charge < -0.3 is 5.73 Å². The molecule has 1 aliphatic carbocycles. The molecule has 52 valence electrons. The van der Waals surface area contributed by atoms with Crippen molar-refractivity contribution >= 4 is 0 Å². The molecule has 0 spiro atoms. The van der Waals surface area contributed by atoms with E-state index in [4.69, 9.17) is 5.73 Å². The number of piperidine rings is 1. The first-order chi connectivity index (χ1) is 4.27. The minimum Gasteiger partial charge on any atom is -0.316 e. The van der Waals surface area contributed by atoms with Gasteiger partial charge in [0.1, 0.15) is 0 Å². The van der Waals surface area contributed by atoms with E-state index in [1.807, 2.05) is 0 Å².